The Hall–Kier alpha value is -1.36. The molecule has 0 bridgehead atoms. The third-order valence-electron chi connectivity index (χ3n) is 2.45. The van der Waals surface area contributed by atoms with Crippen molar-refractivity contribution in [3.63, 3.8) is 0 Å². The van der Waals surface area contributed by atoms with Gasteiger partial charge in [-0.05, 0) is 22.0 Å². The van der Waals surface area contributed by atoms with Crippen LogP contribution < -0.4 is 0 Å². The molecule has 1 aromatic carbocycles. The smallest absolute Gasteiger partial charge is 0.308 e. The molecular formula is C11H11BrN2O2. The van der Waals surface area contributed by atoms with Crippen LogP contribution in [0.25, 0.3) is 10.9 Å². The topological polar surface area (TPSA) is 55.1 Å². The Morgan fingerprint density at radius 2 is 2.25 bits per heavy atom. The highest BCUT2D eigenvalue weighted by atomic mass is 79.9. The lowest BCUT2D eigenvalue weighted by atomic mass is 10.2. The summed E-state index contributed by atoms with van der Waals surface area (Å²) in [7, 11) is 0. The number of halogens is 1. The van der Waals surface area contributed by atoms with E-state index in [1.807, 2.05) is 24.3 Å². The van der Waals surface area contributed by atoms with Crippen molar-refractivity contribution in [1.82, 2.24) is 9.78 Å². The predicted molar refractivity (Wildman–Crippen MR) is 64.2 cm³/mol. The summed E-state index contributed by atoms with van der Waals surface area (Å²) in [6.07, 6.45) is 0. The van der Waals surface area contributed by atoms with Crippen LogP contribution in [-0.4, -0.2) is 20.9 Å². The molecule has 0 spiro atoms. The predicted octanol–water partition coefficient (Wildman–Crippen LogP) is 2.52. The maximum absolute atomic E-state index is 10.8. The van der Waals surface area contributed by atoms with Crippen LogP contribution in [0.15, 0.2) is 28.9 Å². The molecule has 0 saturated heterocycles. The first-order valence-electron chi connectivity index (χ1n) is 4.93. The van der Waals surface area contributed by atoms with E-state index >= 15 is 0 Å². The van der Waals surface area contributed by atoms with E-state index in [-0.39, 0.29) is 0 Å². The van der Waals surface area contributed by atoms with E-state index in [0.717, 1.165) is 15.5 Å². The summed E-state index contributed by atoms with van der Waals surface area (Å²) in [5, 5.41) is 14.2. The summed E-state index contributed by atoms with van der Waals surface area (Å²) in [5.74, 6) is -1.27. The van der Waals surface area contributed by atoms with Crippen molar-refractivity contribution in [2.24, 2.45) is 5.92 Å². The highest BCUT2D eigenvalue weighted by molar-refractivity contribution is 9.10. The maximum atomic E-state index is 10.8. The van der Waals surface area contributed by atoms with Crippen LogP contribution in [0.2, 0.25) is 0 Å². The molecule has 1 aromatic heterocycles. The molecule has 0 aliphatic rings. The van der Waals surface area contributed by atoms with E-state index in [9.17, 15) is 4.79 Å². The quantitative estimate of drug-likeness (QED) is 0.941. The van der Waals surface area contributed by atoms with Gasteiger partial charge in [0.25, 0.3) is 0 Å². The normalized spacial score (nSPS) is 12.9. The van der Waals surface area contributed by atoms with Gasteiger partial charge in [-0.1, -0.05) is 25.1 Å². The molecule has 2 rings (SSSR count). The van der Waals surface area contributed by atoms with Crippen molar-refractivity contribution < 1.29 is 9.90 Å². The Kier molecular flexibility index (Phi) is 2.96. The Morgan fingerprint density at radius 1 is 1.56 bits per heavy atom. The number of hydrogen-bond donors (Lipinski definition) is 1. The van der Waals surface area contributed by atoms with E-state index < -0.39 is 11.9 Å². The molecule has 0 fully saturated rings. The number of carbonyl (C=O) groups is 1. The minimum absolute atomic E-state index is 0.366. The minimum Gasteiger partial charge on any atom is -0.481 e. The van der Waals surface area contributed by atoms with Gasteiger partial charge in [-0.15, -0.1) is 0 Å². The Labute approximate surface area is 101 Å². The van der Waals surface area contributed by atoms with Gasteiger partial charge < -0.3 is 5.11 Å². The molecule has 0 saturated carbocycles. The fourth-order valence-corrected chi connectivity index (χ4v) is 2.07. The third kappa shape index (κ3) is 1.95. The van der Waals surface area contributed by atoms with Crippen LogP contribution in [0, 0.1) is 5.92 Å². The van der Waals surface area contributed by atoms with Crippen molar-refractivity contribution >= 4 is 32.8 Å². The molecule has 4 nitrogen and oxygen atoms in total. The number of aromatic nitrogens is 2. The summed E-state index contributed by atoms with van der Waals surface area (Å²) < 4.78 is 2.51. The van der Waals surface area contributed by atoms with Crippen LogP contribution in [0.1, 0.15) is 6.92 Å². The molecule has 0 aliphatic carbocycles. The molecule has 84 valence electrons. The number of aliphatic carboxylic acids is 1. The number of fused-ring (bicyclic) bond motifs is 1. The Balaban J connectivity index is 2.38. The van der Waals surface area contributed by atoms with Gasteiger partial charge in [-0.2, -0.15) is 5.10 Å². The van der Waals surface area contributed by atoms with Gasteiger partial charge in [0.05, 0.1) is 18.0 Å². The summed E-state index contributed by atoms with van der Waals surface area (Å²) in [6.45, 7) is 2.03. The number of benzene rings is 1. The van der Waals surface area contributed by atoms with E-state index in [2.05, 4.69) is 21.0 Å². The van der Waals surface area contributed by atoms with E-state index in [4.69, 9.17) is 5.11 Å². The van der Waals surface area contributed by atoms with Crippen LogP contribution >= 0.6 is 15.9 Å². The van der Waals surface area contributed by atoms with E-state index in [0.29, 0.717) is 6.54 Å². The third-order valence-corrected chi connectivity index (χ3v) is 3.29. The Morgan fingerprint density at radius 3 is 2.88 bits per heavy atom. The zero-order valence-electron chi connectivity index (χ0n) is 8.72. The average molecular weight is 283 g/mol. The molecule has 0 aliphatic heterocycles. The lowest BCUT2D eigenvalue weighted by Gasteiger charge is -2.06. The zero-order valence-corrected chi connectivity index (χ0v) is 10.3. The van der Waals surface area contributed by atoms with Crippen LogP contribution in [-0.2, 0) is 11.3 Å². The summed E-state index contributed by atoms with van der Waals surface area (Å²) in [4.78, 5) is 10.8. The molecule has 0 amide bonds. The molecule has 16 heavy (non-hydrogen) atoms. The van der Waals surface area contributed by atoms with Crippen LogP contribution in [0.5, 0.6) is 0 Å². The van der Waals surface area contributed by atoms with Crippen molar-refractivity contribution in [3.8, 4) is 0 Å². The molecule has 1 unspecified atom stereocenters. The summed E-state index contributed by atoms with van der Waals surface area (Å²) >= 11 is 3.44. The minimum atomic E-state index is -0.813. The highest BCUT2D eigenvalue weighted by Gasteiger charge is 2.15. The summed E-state index contributed by atoms with van der Waals surface area (Å²) in [6, 6.07) is 7.70. The molecule has 1 N–H and O–H groups in total. The first-order chi connectivity index (χ1) is 7.59. The fourth-order valence-electron chi connectivity index (χ4n) is 1.51. The monoisotopic (exact) mass is 282 g/mol. The largest absolute Gasteiger partial charge is 0.481 e. The molecular weight excluding hydrogens is 272 g/mol. The lowest BCUT2D eigenvalue weighted by molar-refractivity contribution is -0.141. The van der Waals surface area contributed by atoms with Crippen molar-refractivity contribution in [2.75, 3.05) is 0 Å². The SMILES string of the molecule is CC(Cn1nc2ccccc2c1Br)C(=O)O. The number of carboxylic acids is 1. The Bertz CT molecular complexity index is 536. The second kappa shape index (κ2) is 4.25. The van der Waals surface area contributed by atoms with E-state index in [1.54, 1.807) is 11.6 Å². The van der Waals surface area contributed by atoms with Gasteiger partial charge in [0.15, 0.2) is 0 Å². The first-order valence-corrected chi connectivity index (χ1v) is 5.72. The molecule has 1 heterocycles. The lowest BCUT2D eigenvalue weighted by Crippen LogP contribution is -2.17. The number of hydrogen-bond acceptors (Lipinski definition) is 2. The molecule has 0 radical (unpaired) electrons. The van der Waals surface area contributed by atoms with Gasteiger partial charge in [0, 0.05) is 5.39 Å². The number of nitrogens with zero attached hydrogens (tertiary/aromatic N) is 2. The highest BCUT2D eigenvalue weighted by Crippen LogP contribution is 2.24. The first kappa shape index (κ1) is 11.1. The van der Waals surface area contributed by atoms with Crippen molar-refractivity contribution in [3.05, 3.63) is 28.9 Å². The second-order valence-electron chi connectivity index (χ2n) is 3.73. The summed E-state index contributed by atoms with van der Waals surface area (Å²) in [5.41, 5.74) is 0.868. The number of rotatable bonds is 3. The van der Waals surface area contributed by atoms with Crippen molar-refractivity contribution in [1.29, 1.82) is 0 Å². The number of carboxylic acid groups (broad SMARTS) is 1. The molecule has 2 aromatic rings. The van der Waals surface area contributed by atoms with E-state index in [1.165, 1.54) is 0 Å². The van der Waals surface area contributed by atoms with Crippen LogP contribution in [0.3, 0.4) is 0 Å². The van der Waals surface area contributed by atoms with Crippen LogP contribution in [0.4, 0.5) is 0 Å². The average Bonchev–Trinajstić information content (AvgIpc) is 2.56. The maximum Gasteiger partial charge on any atom is 0.308 e. The molecule has 1 atom stereocenters. The zero-order chi connectivity index (χ0) is 11.7. The fraction of sp³-hybridized carbons (Fsp3) is 0.273. The van der Waals surface area contributed by atoms with Gasteiger partial charge in [0.2, 0.25) is 0 Å². The standard InChI is InChI=1S/C11H11BrN2O2/c1-7(11(15)16)6-14-10(12)8-4-2-3-5-9(8)13-14/h2-5,7H,6H2,1H3,(H,15,16). The van der Waals surface area contributed by atoms with Gasteiger partial charge in [-0.3, -0.25) is 9.48 Å². The second-order valence-corrected chi connectivity index (χ2v) is 4.48. The van der Waals surface area contributed by atoms with Gasteiger partial charge in [0.1, 0.15) is 4.60 Å². The van der Waals surface area contributed by atoms with Gasteiger partial charge >= 0.3 is 5.97 Å². The van der Waals surface area contributed by atoms with Gasteiger partial charge in [-0.25, -0.2) is 0 Å². The molecule has 5 heteroatoms. The van der Waals surface area contributed by atoms with Crippen molar-refractivity contribution in [2.45, 2.75) is 13.5 Å².